The first-order valence-corrected chi connectivity index (χ1v) is 10.2. The molecule has 1 aliphatic rings. The molecule has 4 rings (SSSR count). The zero-order chi connectivity index (χ0) is 21.5. The van der Waals surface area contributed by atoms with Crippen molar-refractivity contribution < 1.29 is 22.7 Å². The average Bonchev–Trinajstić information content (AvgIpc) is 3.08. The molecule has 1 amide bonds. The summed E-state index contributed by atoms with van der Waals surface area (Å²) in [4.78, 5) is 17.5. The molecule has 1 aromatic heterocycles. The van der Waals surface area contributed by atoms with Crippen molar-refractivity contribution in [3.8, 4) is 0 Å². The molecule has 0 fully saturated rings. The van der Waals surface area contributed by atoms with Crippen LogP contribution in [0.3, 0.4) is 0 Å². The molecule has 30 heavy (non-hydrogen) atoms. The van der Waals surface area contributed by atoms with Crippen LogP contribution in [0.5, 0.6) is 0 Å². The van der Waals surface area contributed by atoms with Crippen molar-refractivity contribution in [1.82, 2.24) is 9.88 Å². The molecule has 4 nitrogen and oxygen atoms in total. The number of nitrogens with zero attached hydrogens (tertiary/aromatic N) is 1. The van der Waals surface area contributed by atoms with Gasteiger partial charge in [0.2, 0.25) is 0 Å². The number of H-pyrrole nitrogens is 1. The molecule has 0 saturated carbocycles. The monoisotopic (exact) mass is 456 g/mol. The Labute approximate surface area is 180 Å². The van der Waals surface area contributed by atoms with Crippen molar-refractivity contribution in [3.05, 3.63) is 69.9 Å². The first-order chi connectivity index (χ1) is 14.3. The molecular weight excluding hydrogens is 440 g/mol. The van der Waals surface area contributed by atoms with E-state index in [-0.39, 0.29) is 12.5 Å². The predicted octanol–water partition coefficient (Wildman–Crippen LogP) is 6.16. The first-order valence-electron chi connectivity index (χ1n) is 9.26. The summed E-state index contributed by atoms with van der Waals surface area (Å²) in [6.45, 7) is 0.394. The van der Waals surface area contributed by atoms with Gasteiger partial charge in [-0.25, -0.2) is 4.79 Å². The Morgan fingerprint density at radius 3 is 2.60 bits per heavy atom. The van der Waals surface area contributed by atoms with Crippen LogP contribution in [0.25, 0.3) is 10.9 Å². The van der Waals surface area contributed by atoms with E-state index in [9.17, 15) is 18.0 Å². The van der Waals surface area contributed by atoms with Gasteiger partial charge in [-0.3, -0.25) is 4.90 Å². The number of fused-ring (bicyclic) bond motifs is 3. The number of alkyl halides is 4. The average molecular weight is 457 g/mol. The summed E-state index contributed by atoms with van der Waals surface area (Å²) < 4.78 is 44.2. The van der Waals surface area contributed by atoms with Crippen molar-refractivity contribution >= 4 is 40.2 Å². The van der Waals surface area contributed by atoms with Crippen LogP contribution in [0.1, 0.15) is 28.4 Å². The molecule has 1 unspecified atom stereocenters. The summed E-state index contributed by atoms with van der Waals surface area (Å²) in [5, 5.41) is 1.52. The van der Waals surface area contributed by atoms with E-state index in [0.717, 1.165) is 34.3 Å². The largest absolute Gasteiger partial charge is 0.448 e. The fraction of sp³-hybridized carbons (Fsp3) is 0.286. The van der Waals surface area contributed by atoms with Crippen LogP contribution in [-0.4, -0.2) is 35.0 Å². The number of amides is 1. The topological polar surface area (TPSA) is 45.3 Å². The van der Waals surface area contributed by atoms with Gasteiger partial charge >= 0.3 is 12.3 Å². The molecule has 0 aliphatic carbocycles. The summed E-state index contributed by atoms with van der Waals surface area (Å²) in [5.41, 5.74) is 2.36. The lowest BCUT2D eigenvalue weighted by molar-refractivity contribution is -0.137. The van der Waals surface area contributed by atoms with Gasteiger partial charge in [0.25, 0.3) is 0 Å². The van der Waals surface area contributed by atoms with E-state index in [1.807, 2.05) is 12.1 Å². The smallest absolute Gasteiger partial charge is 0.416 e. The van der Waals surface area contributed by atoms with E-state index < -0.39 is 23.9 Å². The van der Waals surface area contributed by atoms with Gasteiger partial charge < -0.3 is 9.72 Å². The molecule has 1 N–H and O–H groups in total. The summed E-state index contributed by atoms with van der Waals surface area (Å²) in [6, 6.07) is 9.65. The maximum atomic E-state index is 13.0. The summed E-state index contributed by atoms with van der Waals surface area (Å²) in [5.74, 6) is 0.153. The number of carbonyl (C=O) groups is 1. The zero-order valence-corrected chi connectivity index (χ0v) is 17.1. The summed E-state index contributed by atoms with van der Waals surface area (Å²) >= 11 is 11.8. The second-order valence-electron chi connectivity index (χ2n) is 6.98. The van der Waals surface area contributed by atoms with Gasteiger partial charge in [-0.1, -0.05) is 23.7 Å². The second kappa shape index (κ2) is 8.04. The number of hydrogen-bond acceptors (Lipinski definition) is 2. The Balaban J connectivity index is 1.81. The predicted molar refractivity (Wildman–Crippen MR) is 109 cm³/mol. The number of aromatic amines is 1. The SMILES string of the molecule is O=C(OCCCl)N1CCc2c([nH]c3ccc(Cl)cc23)C1c1ccc(C(F)(F)F)cc1. The maximum Gasteiger partial charge on any atom is 0.416 e. The Hall–Kier alpha value is -2.38. The molecule has 2 heterocycles. The Morgan fingerprint density at radius 2 is 1.93 bits per heavy atom. The molecule has 0 bridgehead atoms. The molecule has 0 radical (unpaired) electrons. The van der Waals surface area contributed by atoms with E-state index in [0.29, 0.717) is 23.6 Å². The third-order valence-corrected chi connectivity index (χ3v) is 5.57. The quantitative estimate of drug-likeness (QED) is 0.479. The van der Waals surface area contributed by atoms with Gasteiger partial charge in [0.05, 0.1) is 11.4 Å². The lowest BCUT2D eigenvalue weighted by Crippen LogP contribution is -2.41. The molecule has 1 aliphatic heterocycles. The third kappa shape index (κ3) is 3.84. The second-order valence-corrected chi connectivity index (χ2v) is 7.79. The van der Waals surface area contributed by atoms with Gasteiger partial charge in [0.15, 0.2) is 0 Å². The number of halogens is 5. The van der Waals surface area contributed by atoms with Crippen LogP contribution >= 0.6 is 23.2 Å². The minimum absolute atomic E-state index is 0.0474. The number of benzene rings is 2. The standard InChI is InChI=1S/C21H17Cl2F3N2O2/c22-8-10-30-20(29)28-9-7-15-16-11-14(23)5-6-17(16)27-18(15)19(28)12-1-3-13(4-2-12)21(24,25)26/h1-6,11,19,27H,7-10H2. The number of rotatable bonds is 3. The molecule has 3 aromatic rings. The molecule has 1 atom stereocenters. The van der Waals surface area contributed by atoms with E-state index in [2.05, 4.69) is 4.98 Å². The van der Waals surface area contributed by atoms with Gasteiger partial charge in [-0.05, 0) is 47.9 Å². The molecule has 0 spiro atoms. The van der Waals surface area contributed by atoms with Crippen molar-refractivity contribution in [2.24, 2.45) is 0 Å². The van der Waals surface area contributed by atoms with Crippen LogP contribution < -0.4 is 0 Å². The third-order valence-electron chi connectivity index (χ3n) is 5.18. The Kier molecular flexibility index (Phi) is 5.59. The van der Waals surface area contributed by atoms with Crippen molar-refractivity contribution in [2.75, 3.05) is 19.0 Å². The molecule has 2 aromatic carbocycles. The lowest BCUT2D eigenvalue weighted by Gasteiger charge is -2.35. The van der Waals surface area contributed by atoms with E-state index >= 15 is 0 Å². The van der Waals surface area contributed by atoms with Gasteiger partial charge in [0.1, 0.15) is 12.6 Å². The van der Waals surface area contributed by atoms with Crippen LogP contribution in [0, 0.1) is 0 Å². The molecular formula is C21H17Cl2F3N2O2. The van der Waals surface area contributed by atoms with Gasteiger partial charge in [-0.15, -0.1) is 11.6 Å². The van der Waals surface area contributed by atoms with E-state index in [1.165, 1.54) is 17.0 Å². The van der Waals surface area contributed by atoms with Crippen molar-refractivity contribution in [2.45, 2.75) is 18.6 Å². The van der Waals surface area contributed by atoms with Crippen molar-refractivity contribution in [3.63, 3.8) is 0 Å². The number of ether oxygens (including phenoxy) is 1. The van der Waals surface area contributed by atoms with Crippen LogP contribution in [0.4, 0.5) is 18.0 Å². The highest BCUT2D eigenvalue weighted by atomic mass is 35.5. The van der Waals surface area contributed by atoms with Crippen LogP contribution in [0.2, 0.25) is 5.02 Å². The van der Waals surface area contributed by atoms with Gasteiger partial charge in [-0.2, -0.15) is 13.2 Å². The van der Waals surface area contributed by atoms with Crippen LogP contribution in [0.15, 0.2) is 42.5 Å². The number of hydrogen-bond donors (Lipinski definition) is 1. The zero-order valence-electron chi connectivity index (χ0n) is 15.6. The first kappa shape index (κ1) is 20.9. The van der Waals surface area contributed by atoms with Crippen LogP contribution in [-0.2, 0) is 17.3 Å². The molecule has 9 heteroatoms. The maximum absolute atomic E-state index is 13.0. The fourth-order valence-corrected chi connectivity index (χ4v) is 4.12. The Morgan fingerprint density at radius 1 is 1.20 bits per heavy atom. The lowest BCUT2D eigenvalue weighted by atomic mass is 9.92. The van der Waals surface area contributed by atoms with E-state index in [1.54, 1.807) is 6.07 Å². The van der Waals surface area contributed by atoms with Crippen molar-refractivity contribution in [1.29, 1.82) is 0 Å². The highest BCUT2D eigenvalue weighted by Crippen LogP contribution is 2.40. The van der Waals surface area contributed by atoms with Gasteiger partial charge in [0, 0.05) is 28.2 Å². The minimum atomic E-state index is -4.44. The fourth-order valence-electron chi connectivity index (χ4n) is 3.87. The normalized spacial score (nSPS) is 16.6. The van der Waals surface area contributed by atoms with E-state index in [4.69, 9.17) is 27.9 Å². The summed E-state index contributed by atoms with van der Waals surface area (Å²) in [6.07, 6.45) is -4.45. The number of carbonyl (C=O) groups excluding carboxylic acids is 1. The highest BCUT2D eigenvalue weighted by molar-refractivity contribution is 6.31. The minimum Gasteiger partial charge on any atom is -0.448 e. The highest BCUT2D eigenvalue weighted by Gasteiger charge is 2.36. The number of nitrogens with one attached hydrogen (secondary N) is 1. The molecule has 0 saturated heterocycles. The molecule has 158 valence electrons. The Bertz CT molecular complexity index is 1080. The summed E-state index contributed by atoms with van der Waals surface area (Å²) in [7, 11) is 0. The number of aromatic nitrogens is 1.